The summed E-state index contributed by atoms with van der Waals surface area (Å²) in [4.78, 5) is 0. The van der Waals surface area contributed by atoms with E-state index in [1.54, 1.807) is 7.11 Å². The van der Waals surface area contributed by atoms with E-state index in [2.05, 4.69) is 25.6 Å². The SMILES string of the molecule is C=Cc1c(C)ccc(C)c1OC.CC. The van der Waals surface area contributed by atoms with E-state index >= 15 is 0 Å². The molecule has 78 valence electrons. The molecule has 0 aliphatic heterocycles. The summed E-state index contributed by atoms with van der Waals surface area (Å²) < 4.78 is 5.28. The maximum atomic E-state index is 5.28. The second kappa shape index (κ2) is 6.25. The molecule has 1 aromatic rings. The summed E-state index contributed by atoms with van der Waals surface area (Å²) in [6.07, 6.45) is 1.83. The third-order valence-electron chi connectivity index (χ3n) is 2.02. The zero-order valence-electron chi connectivity index (χ0n) is 9.85. The summed E-state index contributed by atoms with van der Waals surface area (Å²) in [6, 6.07) is 4.13. The normalized spacial score (nSPS) is 8.64. The van der Waals surface area contributed by atoms with E-state index in [4.69, 9.17) is 4.74 Å². The van der Waals surface area contributed by atoms with Gasteiger partial charge in [0.25, 0.3) is 0 Å². The highest BCUT2D eigenvalue weighted by atomic mass is 16.5. The van der Waals surface area contributed by atoms with Gasteiger partial charge >= 0.3 is 0 Å². The number of aryl methyl sites for hydroxylation is 2. The summed E-state index contributed by atoms with van der Waals surface area (Å²) in [7, 11) is 1.69. The van der Waals surface area contributed by atoms with Crippen LogP contribution in [-0.2, 0) is 0 Å². The summed E-state index contributed by atoms with van der Waals surface area (Å²) in [5.74, 6) is 0.935. The largest absolute Gasteiger partial charge is 0.496 e. The second-order valence-electron chi connectivity index (χ2n) is 2.85. The van der Waals surface area contributed by atoms with Crippen LogP contribution >= 0.6 is 0 Å². The Bertz CT molecular complexity index is 300. The molecule has 0 amide bonds. The maximum Gasteiger partial charge on any atom is 0.129 e. The molecule has 1 aromatic carbocycles. The minimum absolute atomic E-state index is 0.935. The molecule has 1 heteroatoms. The van der Waals surface area contributed by atoms with Gasteiger partial charge in [0.1, 0.15) is 5.75 Å². The average Bonchev–Trinajstić information content (AvgIpc) is 2.24. The molecule has 0 aliphatic rings. The van der Waals surface area contributed by atoms with Crippen LogP contribution in [0.4, 0.5) is 0 Å². The molecule has 0 N–H and O–H groups in total. The standard InChI is InChI=1S/C11H14O.C2H6/c1-5-10-8(2)6-7-9(3)11(10)12-4;1-2/h5-7H,1H2,2-4H3;1-2H3. The first-order valence-corrected chi connectivity index (χ1v) is 4.97. The number of hydrogen-bond donors (Lipinski definition) is 0. The van der Waals surface area contributed by atoms with Crippen molar-refractivity contribution in [1.29, 1.82) is 0 Å². The number of ether oxygens (including phenoxy) is 1. The highest BCUT2D eigenvalue weighted by Gasteiger charge is 2.04. The summed E-state index contributed by atoms with van der Waals surface area (Å²) in [5, 5.41) is 0. The van der Waals surface area contributed by atoms with Crippen LogP contribution in [0.3, 0.4) is 0 Å². The van der Waals surface area contributed by atoms with Crippen LogP contribution in [0.1, 0.15) is 30.5 Å². The molecule has 0 aromatic heterocycles. The van der Waals surface area contributed by atoms with Crippen LogP contribution in [0.25, 0.3) is 6.08 Å². The zero-order valence-corrected chi connectivity index (χ0v) is 9.85. The molecule has 14 heavy (non-hydrogen) atoms. The van der Waals surface area contributed by atoms with Crippen molar-refractivity contribution < 1.29 is 4.74 Å². The van der Waals surface area contributed by atoms with Gasteiger partial charge in [-0.2, -0.15) is 0 Å². The monoisotopic (exact) mass is 192 g/mol. The maximum absolute atomic E-state index is 5.28. The molecule has 0 saturated carbocycles. The predicted molar refractivity (Wildman–Crippen MR) is 63.9 cm³/mol. The molecule has 1 nitrogen and oxygen atoms in total. The quantitative estimate of drug-likeness (QED) is 0.688. The Balaban J connectivity index is 0.000000791. The molecular formula is C13H20O. The van der Waals surface area contributed by atoms with Crippen molar-refractivity contribution >= 4 is 6.08 Å². The molecular weight excluding hydrogens is 172 g/mol. The first kappa shape index (κ1) is 12.8. The third-order valence-corrected chi connectivity index (χ3v) is 2.02. The lowest BCUT2D eigenvalue weighted by molar-refractivity contribution is 0.410. The number of methoxy groups -OCH3 is 1. The van der Waals surface area contributed by atoms with Gasteiger partial charge in [0.15, 0.2) is 0 Å². The molecule has 0 unspecified atom stereocenters. The Kier molecular flexibility index (Phi) is 5.70. The summed E-state index contributed by atoms with van der Waals surface area (Å²) in [5.41, 5.74) is 3.45. The average molecular weight is 192 g/mol. The van der Waals surface area contributed by atoms with Gasteiger partial charge in [-0.25, -0.2) is 0 Å². The fourth-order valence-electron chi connectivity index (χ4n) is 1.33. The minimum Gasteiger partial charge on any atom is -0.496 e. The van der Waals surface area contributed by atoms with Gasteiger partial charge in [0.2, 0.25) is 0 Å². The van der Waals surface area contributed by atoms with Gasteiger partial charge in [-0.05, 0) is 25.0 Å². The highest BCUT2D eigenvalue weighted by molar-refractivity contribution is 5.62. The van der Waals surface area contributed by atoms with E-state index in [-0.39, 0.29) is 0 Å². The van der Waals surface area contributed by atoms with E-state index in [1.807, 2.05) is 26.8 Å². The minimum atomic E-state index is 0.935. The van der Waals surface area contributed by atoms with Gasteiger partial charge in [-0.1, -0.05) is 38.6 Å². The van der Waals surface area contributed by atoms with E-state index in [9.17, 15) is 0 Å². The Hall–Kier alpha value is -1.24. The van der Waals surface area contributed by atoms with Gasteiger partial charge in [-0.15, -0.1) is 0 Å². The Morgan fingerprint density at radius 3 is 2.00 bits per heavy atom. The van der Waals surface area contributed by atoms with Gasteiger partial charge in [0.05, 0.1) is 7.11 Å². The van der Waals surface area contributed by atoms with Gasteiger partial charge in [-0.3, -0.25) is 0 Å². The van der Waals surface area contributed by atoms with Crippen molar-refractivity contribution in [3.05, 3.63) is 35.4 Å². The molecule has 0 spiro atoms. The van der Waals surface area contributed by atoms with Crippen LogP contribution < -0.4 is 4.74 Å². The van der Waals surface area contributed by atoms with Crippen LogP contribution in [0.5, 0.6) is 5.75 Å². The third kappa shape index (κ3) is 2.63. The van der Waals surface area contributed by atoms with Crippen LogP contribution in [-0.4, -0.2) is 7.11 Å². The molecule has 0 atom stereocenters. The number of hydrogen-bond acceptors (Lipinski definition) is 1. The van der Waals surface area contributed by atoms with Crippen LogP contribution in [0.15, 0.2) is 18.7 Å². The molecule has 0 heterocycles. The molecule has 1 rings (SSSR count). The van der Waals surface area contributed by atoms with Crippen molar-refractivity contribution in [2.45, 2.75) is 27.7 Å². The van der Waals surface area contributed by atoms with E-state index < -0.39 is 0 Å². The van der Waals surface area contributed by atoms with Crippen molar-refractivity contribution in [2.24, 2.45) is 0 Å². The molecule has 0 saturated heterocycles. The summed E-state index contributed by atoms with van der Waals surface area (Å²) >= 11 is 0. The molecule has 0 bridgehead atoms. The molecule has 0 aliphatic carbocycles. The molecule has 0 fully saturated rings. The first-order valence-electron chi connectivity index (χ1n) is 4.97. The fraction of sp³-hybridized carbons (Fsp3) is 0.385. The van der Waals surface area contributed by atoms with Gasteiger partial charge < -0.3 is 4.74 Å². The first-order chi connectivity index (χ1) is 6.70. The zero-order chi connectivity index (χ0) is 11.1. The van der Waals surface area contributed by atoms with E-state index in [0.717, 1.165) is 16.9 Å². The number of benzene rings is 1. The van der Waals surface area contributed by atoms with Crippen molar-refractivity contribution in [1.82, 2.24) is 0 Å². The lowest BCUT2D eigenvalue weighted by atomic mass is 10.0. The topological polar surface area (TPSA) is 9.23 Å². The Morgan fingerprint density at radius 2 is 1.64 bits per heavy atom. The van der Waals surface area contributed by atoms with E-state index in [1.165, 1.54) is 5.56 Å². The van der Waals surface area contributed by atoms with Gasteiger partial charge in [0, 0.05) is 5.56 Å². The van der Waals surface area contributed by atoms with E-state index in [0.29, 0.717) is 0 Å². The second-order valence-corrected chi connectivity index (χ2v) is 2.85. The Labute approximate surface area is 87.4 Å². The smallest absolute Gasteiger partial charge is 0.129 e. The Morgan fingerprint density at radius 1 is 1.14 bits per heavy atom. The summed E-state index contributed by atoms with van der Waals surface area (Å²) in [6.45, 7) is 11.8. The van der Waals surface area contributed by atoms with Crippen molar-refractivity contribution in [2.75, 3.05) is 7.11 Å². The van der Waals surface area contributed by atoms with Crippen LogP contribution in [0, 0.1) is 13.8 Å². The number of rotatable bonds is 2. The fourth-order valence-corrected chi connectivity index (χ4v) is 1.33. The lowest BCUT2D eigenvalue weighted by Crippen LogP contribution is -1.92. The van der Waals surface area contributed by atoms with Crippen molar-refractivity contribution in [3.8, 4) is 5.75 Å². The predicted octanol–water partition coefficient (Wildman–Crippen LogP) is 3.98. The molecule has 0 radical (unpaired) electrons. The lowest BCUT2D eigenvalue weighted by Gasteiger charge is -2.10. The van der Waals surface area contributed by atoms with Crippen LogP contribution in [0.2, 0.25) is 0 Å². The highest BCUT2D eigenvalue weighted by Crippen LogP contribution is 2.26. The van der Waals surface area contributed by atoms with Crippen molar-refractivity contribution in [3.63, 3.8) is 0 Å².